The van der Waals surface area contributed by atoms with E-state index in [2.05, 4.69) is 10.1 Å². The predicted molar refractivity (Wildman–Crippen MR) is 61.2 cm³/mol. The molecule has 2 aromatic rings. The number of alkyl halides is 3. The zero-order valence-corrected chi connectivity index (χ0v) is 9.74. The summed E-state index contributed by atoms with van der Waals surface area (Å²) in [5, 5.41) is 2.88. The topological polar surface area (TPSA) is 50.7 Å². The van der Waals surface area contributed by atoms with Crippen molar-refractivity contribution < 1.29 is 13.2 Å². The van der Waals surface area contributed by atoms with Gasteiger partial charge in [0.1, 0.15) is 0 Å². The quantitative estimate of drug-likeness (QED) is 0.910. The van der Waals surface area contributed by atoms with Crippen molar-refractivity contribution in [1.82, 2.24) is 14.8 Å². The Bertz CT molecular complexity index is 650. The molecule has 4 nitrogen and oxygen atoms in total. The van der Waals surface area contributed by atoms with E-state index in [4.69, 9.17) is 0 Å². The van der Waals surface area contributed by atoms with Crippen LogP contribution in [0, 0.1) is 0 Å². The third-order valence-corrected chi connectivity index (χ3v) is 3.06. The first-order valence-corrected chi connectivity index (χ1v) is 5.81. The molecule has 0 amide bonds. The molecule has 1 aliphatic carbocycles. The molecule has 0 spiro atoms. The highest BCUT2D eigenvalue weighted by atomic mass is 19.4. The summed E-state index contributed by atoms with van der Waals surface area (Å²) in [4.78, 5) is 15.4. The molecular weight excluding hydrogens is 259 g/mol. The van der Waals surface area contributed by atoms with Crippen molar-refractivity contribution in [3.05, 3.63) is 46.0 Å². The highest BCUT2D eigenvalue weighted by Crippen LogP contribution is 2.38. The first-order valence-electron chi connectivity index (χ1n) is 5.81. The van der Waals surface area contributed by atoms with Crippen LogP contribution in [0.15, 0.2) is 29.2 Å². The number of pyridine rings is 1. The van der Waals surface area contributed by atoms with Crippen LogP contribution in [-0.2, 0) is 6.18 Å². The van der Waals surface area contributed by atoms with Crippen LogP contribution in [0.25, 0.3) is 5.82 Å². The Morgan fingerprint density at radius 2 is 2.05 bits per heavy atom. The van der Waals surface area contributed by atoms with Crippen molar-refractivity contribution in [2.45, 2.75) is 24.9 Å². The van der Waals surface area contributed by atoms with Gasteiger partial charge in [0.05, 0.1) is 5.56 Å². The molecule has 0 aromatic carbocycles. The summed E-state index contributed by atoms with van der Waals surface area (Å²) >= 11 is 0. The number of H-pyrrole nitrogens is 1. The van der Waals surface area contributed by atoms with Gasteiger partial charge in [-0.2, -0.15) is 13.2 Å². The number of rotatable bonds is 2. The van der Waals surface area contributed by atoms with Gasteiger partial charge in [-0.05, 0) is 25.0 Å². The highest BCUT2D eigenvalue weighted by molar-refractivity contribution is 5.27. The molecule has 0 radical (unpaired) electrons. The molecule has 19 heavy (non-hydrogen) atoms. The fourth-order valence-corrected chi connectivity index (χ4v) is 1.87. The average molecular weight is 269 g/mol. The Labute approximate surface area is 105 Å². The second kappa shape index (κ2) is 3.97. The van der Waals surface area contributed by atoms with E-state index in [1.165, 1.54) is 12.1 Å². The number of nitrogens with one attached hydrogen (secondary N) is 1. The van der Waals surface area contributed by atoms with Gasteiger partial charge < -0.3 is 0 Å². The van der Waals surface area contributed by atoms with Gasteiger partial charge in [0.15, 0.2) is 5.82 Å². The Morgan fingerprint density at radius 3 is 2.58 bits per heavy atom. The Hall–Kier alpha value is -2.05. The molecule has 0 aliphatic heterocycles. The summed E-state index contributed by atoms with van der Waals surface area (Å²) < 4.78 is 38.4. The van der Waals surface area contributed by atoms with E-state index < -0.39 is 11.7 Å². The lowest BCUT2D eigenvalue weighted by Gasteiger charge is -2.06. The molecule has 1 aliphatic rings. The van der Waals surface area contributed by atoms with Crippen molar-refractivity contribution in [1.29, 1.82) is 0 Å². The van der Waals surface area contributed by atoms with Crippen molar-refractivity contribution >= 4 is 0 Å². The fraction of sp³-hybridized carbons (Fsp3) is 0.333. The molecule has 1 fully saturated rings. The largest absolute Gasteiger partial charge is 0.417 e. The van der Waals surface area contributed by atoms with Crippen LogP contribution in [0.5, 0.6) is 0 Å². The standard InChI is InChI=1S/C12H10F3N3O/c13-12(14,15)8-3-4-10(16-6-8)18-11(19)5-9(17-18)7-1-2-7/h3-7,17H,1-2H2. The van der Waals surface area contributed by atoms with E-state index in [-0.39, 0.29) is 11.4 Å². The number of hydrogen-bond acceptors (Lipinski definition) is 2. The molecule has 0 atom stereocenters. The lowest BCUT2D eigenvalue weighted by molar-refractivity contribution is -0.137. The predicted octanol–water partition coefficient (Wildman–Crippen LogP) is 2.46. The molecule has 100 valence electrons. The van der Waals surface area contributed by atoms with Crippen molar-refractivity contribution in [3.63, 3.8) is 0 Å². The molecule has 2 aromatic heterocycles. The zero-order valence-electron chi connectivity index (χ0n) is 9.74. The fourth-order valence-electron chi connectivity index (χ4n) is 1.87. The third kappa shape index (κ3) is 2.27. The van der Waals surface area contributed by atoms with Crippen molar-refractivity contribution in [2.24, 2.45) is 0 Å². The average Bonchev–Trinajstić information content (AvgIpc) is 3.12. The molecule has 2 heterocycles. The van der Waals surface area contributed by atoms with Crippen LogP contribution in [0.1, 0.15) is 30.0 Å². The van der Waals surface area contributed by atoms with Crippen molar-refractivity contribution in [2.75, 3.05) is 0 Å². The van der Waals surface area contributed by atoms with E-state index in [9.17, 15) is 18.0 Å². The summed E-state index contributed by atoms with van der Waals surface area (Å²) in [6.45, 7) is 0. The zero-order chi connectivity index (χ0) is 13.6. The van der Waals surface area contributed by atoms with Gasteiger partial charge in [0, 0.05) is 23.9 Å². The molecule has 0 bridgehead atoms. The van der Waals surface area contributed by atoms with Crippen LogP contribution < -0.4 is 5.56 Å². The first-order chi connectivity index (χ1) is 8.95. The molecule has 7 heteroatoms. The lowest BCUT2D eigenvalue weighted by atomic mass is 10.3. The maximum atomic E-state index is 12.4. The summed E-state index contributed by atoms with van der Waals surface area (Å²) in [5.74, 6) is 0.522. The molecule has 0 unspecified atom stereocenters. The molecular formula is C12H10F3N3O. The van der Waals surface area contributed by atoms with Gasteiger partial charge in [-0.15, -0.1) is 0 Å². The minimum atomic E-state index is -4.43. The number of aromatic nitrogens is 3. The maximum absolute atomic E-state index is 12.4. The van der Waals surface area contributed by atoms with E-state index in [0.29, 0.717) is 5.92 Å². The number of aromatic amines is 1. The number of nitrogens with zero attached hydrogens (tertiary/aromatic N) is 2. The van der Waals surface area contributed by atoms with Crippen LogP contribution in [0.2, 0.25) is 0 Å². The Balaban J connectivity index is 1.96. The van der Waals surface area contributed by atoms with Gasteiger partial charge in [-0.1, -0.05) is 0 Å². The minimum Gasteiger partial charge on any atom is -0.293 e. The van der Waals surface area contributed by atoms with Crippen LogP contribution >= 0.6 is 0 Å². The normalized spacial score (nSPS) is 15.7. The SMILES string of the molecule is O=c1cc(C2CC2)[nH]n1-c1ccc(C(F)(F)F)cn1. The minimum absolute atomic E-state index is 0.157. The number of halogens is 3. The van der Waals surface area contributed by atoms with Gasteiger partial charge in [-0.3, -0.25) is 9.89 Å². The summed E-state index contributed by atoms with van der Waals surface area (Å²) in [6.07, 6.45) is -1.65. The van der Waals surface area contributed by atoms with Gasteiger partial charge >= 0.3 is 6.18 Å². The first kappa shape index (κ1) is 12.0. The third-order valence-electron chi connectivity index (χ3n) is 3.06. The Morgan fingerprint density at radius 1 is 1.32 bits per heavy atom. The molecule has 1 N–H and O–H groups in total. The lowest BCUT2D eigenvalue weighted by Crippen LogP contribution is -2.15. The van der Waals surface area contributed by atoms with E-state index in [0.717, 1.165) is 35.5 Å². The van der Waals surface area contributed by atoms with Gasteiger partial charge in [0.25, 0.3) is 5.56 Å². The second-order valence-electron chi connectivity index (χ2n) is 4.56. The molecule has 3 rings (SSSR count). The van der Waals surface area contributed by atoms with Crippen LogP contribution in [0.4, 0.5) is 13.2 Å². The van der Waals surface area contributed by atoms with E-state index in [1.54, 1.807) is 0 Å². The van der Waals surface area contributed by atoms with Crippen LogP contribution in [0.3, 0.4) is 0 Å². The monoisotopic (exact) mass is 269 g/mol. The van der Waals surface area contributed by atoms with Crippen LogP contribution in [-0.4, -0.2) is 14.8 Å². The number of hydrogen-bond donors (Lipinski definition) is 1. The second-order valence-corrected chi connectivity index (χ2v) is 4.56. The van der Waals surface area contributed by atoms with Crippen molar-refractivity contribution in [3.8, 4) is 5.82 Å². The van der Waals surface area contributed by atoms with E-state index >= 15 is 0 Å². The highest BCUT2D eigenvalue weighted by Gasteiger charge is 2.31. The van der Waals surface area contributed by atoms with Gasteiger partial charge in [0.2, 0.25) is 0 Å². The summed E-state index contributed by atoms with van der Waals surface area (Å²) in [7, 11) is 0. The molecule has 0 saturated heterocycles. The summed E-state index contributed by atoms with van der Waals surface area (Å²) in [5.41, 5.74) is -0.334. The maximum Gasteiger partial charge on any atom is 0.417 e. The van der Waals surface area contributed by atoms with E-state index in [1.807, 2.05) is 0 Å². The molecule has 1 saturated carbocycles. The smallest absolute Gasteiger partial charge is 0.293 e. The van der Waals surface area contributed by atoms with Gasteiger partial charge in [-0.25, -0.2) is 9.67 Å². The Kier molecular flexibility index (Phi) is 2.51. The summed E-state index contributed by atoms with van der Waals surface area (Å²) in [6, 6.07) is 3.56.